The lowest BCUT2D eigenvalue weighted by atomic mass is 10.1. The first-order valence-corrected chi connectivity index (χ1v) is 11.5. The number of ether oxygens (including phenoxy) is 2. The van der Waals surface area contributed by atoms with Crippen LogP contribution in [0.2, 0.25) is 5.02 Å². The molecule has 6 nitrogen and oxygen atoms in total. The van der Waals surface area contributed by atoms with E-state index < -0.39 is 20.5 Å². The van der Waals surface area contributed by atoms with Gasteiger partial charge in [0.25, 0.3) is 0 Å². The summed E-state index contributed by atoms with van der Waals surface area (Å²) in [6, 6.07) is 11.4. The van der Waals surface area contributed by atoms with Crippen molar-refractivity contribution in [2.45, 2.75) is 41.9 Å². The molecule has 1 aliphatic carbocycles. The second-order valence-electron chi connectivity index (χ2n) is 7.32. The number of halogens is 1. The van der Waals surface area contributed by atoms with Crippen molar-refractivity contribution in [2.24, 2.45) is 0 Å². The third kappa shape index (κ3) is 3.69. The Bertz CT molecular complexity index is 1010. The van der Waals surface area contributed by atoms with Gasteiger partial charge in [0, 0.05) is 11.6 Å². The molecule has 1 heterocycles. The molecule has 0 bridgehead atoms. The summed E-state index contributed by atoms with van der Waals surface area (Å²) >= 11 is 5.89. The minimum Gasteiger partial charge on any atom is -0.486 e. The maximum absolute atomic E-state index is 13.4. The van der Waals surface area contributed by atoms with E-state index in [2.05, 4.69) is 5.32 Å². The van der Waals surface area contributed by atoms with E-state index in [0.717, 1.165) is 5.56 Å². The first-order valence-electron chi connectivity index (χ1n) is 9.59. The van der Waals surface area contributed by atoms with E-state index in [1.807, 2.05) is 12.1 Å². The molecule has 0 aromatic heterocycles. The van der Waals surface area contributed by atoms with Crippen molar-refractivity contribution in [3.8, 4) is 11.5 Å². The summed E-state index contributed by atoms with van der Waals surface area (Å²) in [6.45, 7) is 1.20. The fourth-order valence-electron chi connectivity index (χ4n) is 3.94. The zero-order chi connectivity index (χ0) is 20.5. The van der Waals surface area contributed by atoms with Gasteiger partial charge in [0.15, 0.2) is 26.1 Å². The van der Waals surface area contributed by atoms with Crippen molar-refractivity contribution in [2.75, 3.05) is 13.2 Å². The quantitative estimate of drug-likeness (QED) is 0.777. The van der Waals surface area contributed by atoms with E-state index in [1.54, 1.807) is 6.07 Å². The summed E-state index contributed by atoms with van der Waals surface area (Å²) < 4.78 is 36.4. The largest absolute Gasteiger partial charge is 0.486 e. The fraction of sp³-hybridized carbons (Fsp3) is 0.381. The molecule has 1 aliphatic heterocycles. The summed E-state index contributed by atoms with van der Waals surface area (Å²) in [6.07, 6.45) is 2.02. The second-order valence-corrected chi connectivity index (χ2v) is 10.0. The Morgan fingerprint density at radius 1 is 1.00 bits per heavy atom. The van der Waals surface area contributed by atoms with E-state index in [1.165, 1.54) is 24.3 Å². The number of carbonyl (C=O) groups excluding carboxylic acids is 1. The number of carbonyl (C=O) groups is 1. The number of hydrogen-bond acceptors (Lipinski definition) is 5. The number of rotatable bonds is 5. The van der Waals surface area contributed by atoms with Gasteiger partial charge in [0.2, 0.25) is 5.91 Å². The minimum absolute atomic E-state index is 0.123. The molecule has 2 aliphatic rings. The van der Waals surface area contributed by atoms with Crippen LogP contribution in [0.25, 0.3) is 0 Å². The van der Waals surface area contributed by atoms with Crippen LogP contribution in [0.15, 0.2) is 47.4 Å². The van der Waals surface area contributed by atoms with Crippen molar-refractivity contribution in [3.05, 3.63) is 53.1 Å². The average Bonchev–Trinajstić information content (AvgIpc) is 3.24. The maximum Gasteiger partial charge on any atom is 0.242 e. The Morgan fingerprint density at radius 3 is 2.34 bits per heavy atom. The molecule has 1 fully saturated rings. The highest BCUT2D eigenvalue weighted by molar-refractivity contribution is 7.93. The van der Waals surface area contributed by atoms with Crippen molar-refractivity contribution in [1.82, 2.24) is 5.32 Å². The van der Waals surface area contributed by atoms with Gasteiger partial charge in [-0.1, -0.05) is 30.5 Å². The molecule has 4 rings (SSSR count). The van der Waals surface area contributed by atoms with Crippen LogP contribution in [0.5, 0.6) is 11.5 Å². The van der Waals surface area contributed by atoms with Crippen LogP contribution in [0.4, 0.5) is 0 Å². The molecule has 0 unspecified atom stereocenters. The molecule has 0 saturated heterocycles. The first-order chi connectivity index (χ1) is 13.9. The molecule has 0 atom stereocenters. The molecule has 2 aromatic carbocycles. The lowest BCUT2D eigenvalue weighted by Crippen LogP contribution is -2.50. The van der Waals surface area contributed by atoms with Crippen LogP contribution in [0.1, 0.15) is 31.2 Å². The number of hydrogen-bond donors (Lipinski definition) is 1. The summed E-state index contributed by atoms with van der Waals surface area (Å²) in [5.74, 6) is 0.844. The van der Waals surface area contributed by atoms with Crippen LogP contribution in [0, 0.1) is 0 Å². The van der Waals surface area contributed by atoms with E-state index in [9.17, 15) is 13.2 Å². The zero-order valence-corrected chi connectivity index (χ0v) is 17.4. The van der Waals surface area contributed by atoms with Crippen LogP contribution in [0.3, 0.4) is 0 Å². The van der Waals surface area contributed by atoms with Crippen LogP contribution in [-0.4, -0.2) is 32.3 Å². The summed E-state index contributed by atoms with van der Waals surface area (Å²) in [7, 11) is -3.85. The Hall–Kier alpha value is -2.25. The minimum atomic E-state index is -3.85. The van der Waals surface area contributed by atoms with Crippen molar-refractivity contribution < 1.29 is 22.7 Å². The number of benzene rings is 2. The Balaban J connectivity index is 1.55. The maximum atomic E-state index is 13.4. The molecule has 2 aromatic rings. The lowest BCUT2D eigenvalue weighted by Gasteiger charge is -2.28. The molecule has 1 saturated carbocycles. The van der Waals surface area contributed by atoms with Crippen molar-refractivity contribution >= 4 is 27.3 Å². The van der Waals surface area contributed by atoms with E-state index in [4.69, 9.17) is 21.1 Å². The summed E-state index contributed by atoms with van der Waals surface area (Å²) in [5.41, 5.74) is 0.819. The summed E-state index contributed by atoms with van der Waals surface area (Å²) in [4.78, 5) is 13.3. The van der Waals surface area contributed by atoms with Gasteiger partial charge in [-0.2, -0.15) is 0 Å². The van der Waals surface area contributed by atoms with Crippen LogP contribution < -0.4 is 14.8 Å². The number of amides is 1. The molecule has 154 valence electrons. The van der Waals surface area contributed by atoms with Crippen molar-refractivity contribution in [1.29, 1.82) is 0 Å². The molecule has 8 heteroatoms. The normalized spacial score (nSPS) is 17.7. The van der Waals surface area contributed by atoms with E-state index >= 15 is 0 Å². The van der Waals surface area contributed by atoms with Crippen molar-refractivity contribution in [3.63, 3.8) is 0 Å². The molecule has 0 spiro atoms. The predicted octanol–water partition coefficient (Wildman–Crippen LogP) is 3.51. The van der Waals surface area contributed by atoms with Gasteiger partial charge in [-0.3, -0.25) is 4.79 Å². The third-order valence-electron chi connectivity index (χ3n) is 5.52. The lowest BCUT2D eigenvalue weighted by molar-refractivity contribution is -0.123. The number of nitrogens with one attached hydrogen (secondary N) is 1. The first kappa shape index (κ1) is 20.0. The smallest absolute Gasteiger partial charge is 0.242 e. The Labute approximate surface area is 175 Å². The van der Waals surface area contributed by atoms with Gasteiger partial charge in [-0.15, -0.1) is 0 Å². The second kappa shape index (κ2) is 7.88. The molecule has 1 amide bonds. The number of fused-ring (bicyclic) bond motifs is 1. The van der Waals surface area contributed by atoms with Gasteiger partial charge in [0.1, 0.15) is 13.2 Å². The highest BCUT2D eigenvalue weighted by Gasteiger charge is 2.52. The zero-order valence-electron chi connectivity index (χ0n) is 15.8. The van der Waals surface area contributed by atoms with Crippen LogP contribution in [-0.2, 0) is 21.2 Å². The van der Waals surface area contributed by atoms with E-state index in [0.29, 0.717) is 55.4 Å². The standard InChI is InChI=1S/C21H22ClNO5S/c22-16-4-6-17(7-5-16)29(25,26)21(9-1-2-10-21)20(24)23-14-15-3-8-18-19(13-15)28-12-11-27-18/h3-8,13H,1-2,9-12,14H2,(H,23,24). The van der Waals surface area contributed by atoms with Crippen LogP contribution >= 0.6 is 11.6 Å². The monoisotopic (exact) mass is 435 g/mol. The van der Waals surface area contributed by atoms with Gasteiger partial charge in [0.05, 0.1) is 4.90 Å². The molecule has 1 N–H and O–H groups in total. The third-order valence-corrected chi connectivity index (χ3v) is 8.29. The topological polar surface area (TPSA) is 81.7 Å². The van der Waals surface area contributed by atoms with Gasteiger partial charge < -0.3 is 14.8 Å². The molecule has 29 heavy (non-hydrogen) atoms. The fourth-order valence-corrected chi connectivity index (χ4v) is 6.16. The van der Waals surface area contributed by atoms with E-state index in [-0.39, 0.29) is 11.4 Å². The predicted molar refractivity (Wildman–Crippen MR) is 109 cm³/mol. The Morgan fingerprint density at radius 2 is 1.66 bits per heavy atom. The SMILES string of the molecule is O=C(NCc1ccc2c(c1)OCCO2)C1(S(=O)(=O)c2ccc(Cl)cc2)CCCC1. The molecule has 0 radical (unpaired) electrons. The molecular formula is C21H22ClNO5S. The summed E-state index contributed by atoms with van der Waals surface area (Å²) in [5, 5.41) is 3.29. The number of sulfone groups is 1. The highest BCUT2D eigenvalue weighted by Crippen LogP contribution is 2.41. The highest BCUT2D eigenvalue weighted by atomic mass is 35.5. The van der Waals surface area contributed by atoms with Gasteiger partial charge in [-0.25, -0.2) is 8.42 Å². The average molecular weight is 436 g/mol. The molecular weight excluding hydrogens is 414 g/mol. The van der Waals surface area contributed by atoms with Gasteiger partial charge in [-0.05, 0) is 54.8 Å². The van der Waals surface area contributed by atoms with Gasteiger partial charge >= 0.3 is 0 Å². The Kier molecular flexibility index (Phi) is 5.44.